The van der Waals surface area contributed by atoms with E-state index in [2.05, 4.69) is 15.2 Å². The van der Waals surface area contributed by atoms with Crippen molar-refractivity contribution in [3.05, 3.63) is 27.9 Å². The van der Waals surface area contributed by atoms with E-state index in [4.69, 9.17) is 0 Å². The van der Waals surface area contributed by atoms with E-state index < -0.39 is 0 Å². The zero-order chi connectivity index (χ0) is 12.7. The first-order valence-electron chi connectivity index (χ1n) is 6.25. The largest absolute Gasteiger partial charge is 0.352 e. The Morgan fingerprint density at radius 2 is 2.39 bits per heavy atom. The fraction of sp³-hybridized carbons (Fsp3) is 0.583. The van der Waals surface area contributed by atoms with Crippen LogP contribution in [0.4, 0.5) is 11.5 Å². The van der Waals surface area contributed by atoms with Gasteiger partial charge in [-0.3, -0.25) is 10.1 Å². The number of nitrogens with zero attached hydrogens (tertiary/aromatic N) is 3. The van der Waals surface area contributed by atoms with Gasteiger partial charge in [0.05, 0.1) is 4.92 Å². The van der Waals surface area contributed by atoms with Crippen LogP contribution in [0, 0.1) is 23.0 Å². The van der Waals surface area contributed by atoms with Crippen molar-refractivity contribution in [3.63, 3.8) is 0 Å². The number of aromatic nitrogens is 1. The van der Waals surface area contributed by atoms with Crippen LogP contribution >= 0.6 is 0 Å². The molecular formula is C12H16N4O2. The van der Waals surface area contributed by atoms with Gasteiger partial charge in [0.1, 0.15) is 12.0 Å². The van der Waals surface area contributed by atoms with Gasteiger partial charge >= 0.3 is 0 Å². The SMILES string of the molecule is Cc1cc(N2CC[C@H]3CNC[C@H]32)ncc1[N+](=O)[O-]. The standard InChI is InChI=1S/C12H16N4O2/c1-8-4-12(14-7-10(8)16(17)18)15-3-2-9-5-13-6-11(9)15/h4,7,9,11,13H,2-3,5-6H2,1H3/t9-,11+/m0/s1. The molecule has 18 heavy (non-hydrogen) atoms. The number of fused-ring (bicyclic) bond motifs is 1. The van der Waals surface area contributed by atoms with Crippen LogP contribution in [-0.2, 0) is 0 Å². The molecule has 3 rings (SSSR count). The number of pyridine rings is 1. The summed E-state index contributed by atoms with van der Waals surface area (Å²) in [5.74, 6) is 1.57. The number of aryl methyl sites for hydroxylation is 1. The molecule has 0 aromatic carbocycles. The van der Waals surface area contributed by atoms with Gasteiger partial charge in [0, 0.05) is 31.2 Å². The molecule has 1 aromatic rings. The van der Waals surface area contributed by atoms with Crippen molar-refractivity contribution in [2.45, 2.75) is 19.4 Å². The van der Waals surface area contributed by atoms with Crippen molar-refractivity contribution in [1.29, 1.82) is 0 Å². The predicted molar refractivity (Wildman–Crippen MR) is 67.7 cm³/mol. The van der Waals surface area contributed by atoms with Gasteiger partial charge in [-0.1, -0.05) is 0 Å². The van der Waals surface area contributed by atoms with E-state index in [-0.39, 0.29) is 10.6 Å². The number of rotatable bonds is 2. The molecule has 3 heterocycles. The molecule has 1 aromatic heterocycles. The van der Waals surface area contributed by atoms with Crippen molar-refractivity contribution >= 4 is 11.5 Å². The maximum absolute atomic E-state index is 10.8. The van der Waals surface area contributed by atoms with Crippen molar-refractivity contribution in [1.82, 2.24) is 10.3 Å². The molecule has 0 spiro atoms. The first-order valence-corrected chi connectivity index (χ1v) is 6.25. The summed E-state index contributed by atoms with van der Waals surface area (Å²) in [5, 5.41) is 14.2. The molecule has 2 atom stereocenters. The number of hydrogen-bond acceptors (Lipinski definition) is 5. The fourth-order valence-electron chi connectivity index (χ4n) is 3.02. The van der Waals surface area contributed by atoms with E-state index in [1.807, 2.05) is 6.07 Å². The molecule has 2 aliphatic rings. The van der Waals surface area contributed by atoms with Crippen LogP contribution in [-0.4, -0.2) is 35.6 Å². The van der Waals surface area contributed by atoms with Crippen molar-refractivity contribution < 1.29 is 4.92 Å². The molecule has 2 saturated heterocycles. The minimum Gasteiger partial charge on any atom is -0.352 e. The van der Waals surface area contributed by atoms with Gasteiger partial charge in [-0.2, -0.15) is 0 Å². The highest BCUT2D eigenvalue weighted by atomic mass is 16.6. The number of nitro groups is 1. The Labute approximate surface area is 105 Å². The van der Waals surface area contributed by atoms with Gasteiger partial charge in [-0.25, -0.2) is 4.98 Å². The number of nitrogens with one attached hydrogen (secondary N) is 1. The molecule has 0 radical (unpaired) electrons. The molecule has 0 aliphatic carbocycles. The smallest absolute Gasteiger partial charge is 0.290 e. The Morgan fingerprint density at radius 3 is 3.11 bits per heavy atom. The maximum Gasteiger partial charge on any atom is 0.290 e. The van der Waals surface area contributed by atoms with Crippen LogP contribution in [0.1, 0.15) is 12.0 Å². The van der Waals surface area contributed by atoms with Crippen LogP contribution < -0.4 is 10.2 Å². The number of anilines is 1. The van der Waals surface area contributed by atoms with Crippen LogP contribution in [0.5, 0.6) is 0 Å². The molecule has 0 bridgehead atoms. The molecular weight excluding hydrogens is 232 g/mol. The number of hydrogen-bond donors (Lipinski definition) is 1. The van der Waals surface area contributed by atoms with E-state index in [0.29, 0.717) is 17.5 Å². The minimum atomic E-state index is -0.379. The van der Waals surface area contributed by atoms with E-state index in [1.165, 1.54) is 12.6 Å². The average Bonchev–Trinajstić information content (AvgIpc) is 2.89. The molecule has 6 nitrogen and oxygen atoms in total. The first kappa shape index (κ1) is 11.4. The van der Waals surface area contributed by atoms with Crippen molar-refractivity contribution in [2.75, 3.05) is 24.5 Å². The lowest BCUT2D eigenvalue weighted by Gasteiger charge is -2.24. The third kappa shape index (κ3) is 1.73. The van der Waals surface area contributed by atoms with Crippen LogP contribution in [0.3, 0.4) is 0 Å². The summed E-state index contributed by atoms with van der Waals surface area (Å²) in [4.78, 5) is 16.9. The van der Waals surface area contributed by atoms with Gasteiger partial charge in [0.2, 0.25) is 0 Å². The topological polar surface area (TPSA) is 71.3 Å². The van der Waals surface area contributed by atoms with E-state index in [0.717, 1.165) is 25.5 Å². The molecule has 0 unspecified atom stereocenters. The predicted octanol–water partition coefficient (Wildman–Crippen LogP) is 1.10. The summed E-state index contributed by atoms with van der Waals surface area (Å²) in [6.07, 6.45) is 2.55. The van der Waals surface area contributed by atoms with Crippen LogP contribution in [0.2, 0.25) is 0 Å². The Bertz CT molecular complexity index is 491. The van der Waals surface area contributed by atoms with Gasteiger partial charge in [0.15, 0.2) is 0 Å². The zero-order valence-corrected chi connectivity index (χ0v) is 10.3. The summed E-state index contributed by atoms with van der Waals surface area (Å²) < 4.78 is 0. The van der Waals surface area contributed by atoms with Gasteiger partial charge in [-0.05, 0) is 25.3 Å². The normalized spacial score (nSPS) is 26.4. The maximum atomic E-state index is 10.8. The van der Waals surface area contributed by atoms with E-state index >= 15 is 0 Å². The van der Waals surface area contributed by atoms with E-state index in [9.17, 15) is 10.1 Å². The lowest BCUT2D eigenvalue weighted by atomic mass is 10.1. The average molecular weight is 248 g/mol. The van der Waals surface area contributed by atoms with Crippen molar-refractivity contribution in [3.8, 4) is 0 Å². The highest BCUT2D eigenvalue weighted by Crippen LogP contribution is 2.32. The highest BCUT2D eigenvalue weighted by Gasteiger charge is 2.38. The molecule has 0 saturated carbocycles. The molecule has 6 heteroatoms. The second-order valence-corrected chi connectivity index (χ2v) is 5.05. The summed E-state index contributed by atoms with van der Waals surface area (Å²) in [5.41, 5.74) is 0.776. The Morgan fingerprint density at radius 1 is 1.56 bits per heavy atom. The summed E-state index contributed by atoms with van der Waals surface area (Å²) in [7, 11) is 0. The van der Waals surface area contributed by atoms with Crippen molar-refractivity contribution in [2.24, 2.45) is 5.92 Å². The first-order chi connectivity index (χ1) is 8.66. The summed E-state index contributed by atoms with van der Waals surface area (Å²) >= 11 is 0. The Hall–Kier alpha value is -1.69. The third-order valence-corrected chi connectivity index (χ3v) is 4.00. The quantitative estimate of drug-likeness (QED) is 0.626. The fourth-order valence-corrected chi connectivity index (χ4v) is 3.02. The van der Waals surface area contributed by atoms with Gasteiger partial charge in [-0.15, -0.1) is 0 Å². The molecule has 1 N–H and O–H groups in total. The molecule has 0 amide bonds. The lowest BCUT2D eigenvalue weighted by molar-refractivity contribution is -0.385. The van der Waals surface area contributed by atoms with Gasteiger partial charge < -0.3 is 10.2 Å². The van der Waals surface area contributed by atoms with Gasteiger partial charge in [0.25, 0.3) is 5.69 Å². The lowest BCUT2D eigenvalue weighted by Crippen LogP contribution is -2.34. The van der Waals surface area contributed by atoms with Crippen LogP contribution in [0.25, 0.3) is 0 Å². The third-order valence-electron chi connectivity index (χ3n) is 4.00. The Kier molecular flexibility index (Phi) is 2.66. The summed E-state index contributed by atoms with van der Waals surface area (Å²) in [6.45, 7) is 4.83. The highest BCUT2D eigenvalue weighted by molar-refractivity contribution is 5.50. The second-order valence-electron chi connectivity index (χ2n) is 5.05. The second kappa shape index (κ2) is 4.20. The molecule has 2 fully saturated rings. The Balaban J connectivity index is 1.89. The summed E-state index contributed by atoms with van der Waals surface area (Å²) in [6, 6.07) is 2.33. The van der Waals surface area contributed by atoms with Crippen LogP contribution in [0.15, 0.2) is 12.3 Å². The van der Waals surface area contributed by atoms with E-state index in [1.54, 1.807) is 6.92 Å². The zero-order valence-electron chi connectivity index (χ0n) is 10.3. The molecule has 2 aliphatic heterocycles. The monoisotopic (exact) mass is 248 g/mol. The minimum absolute atomic E-state index is 0.0963. The molecule has 96 valence electrons.